The van der Waals surface area contributed by atoms with Crippen molar-refractivity contribution >= 4 is 22.7 Å². The van der Waals surface area contributed by atoms with Crippen LogP contribution in [0.2, 0.25) is 0 Å². The number of nitrogens with one attached hydrogen (secondary N) is 1. The van der Waals surface area contributed by atoms with Gasteiger partial charge in [-0.05, 0) is 72.6 Å². The fourth-order valence-electron chi connectivity index (χ4n) is 3.03. The monoisotopic (exact) mass is 402 g/mol. The van der Waals surface area contributed by atoms with E-state index in [0.29, 0.717) is 17.3 Å². The number of aromatic nitrogens is 1. The summed E-state index contributed by atoms with van der Waals surface area (Å²) in [5.74, 6) is 1.65. The Bertz CT molecular complexity index is 1150. The Balaban J connectivity index is 1.37. The normalized spacial score (nSPS) is 10.7. The quantitative estimate of drug-likeness (QED) is 0.466. The zero-order valence-corrected chi connectivity index (χ0v) is 16.8. The second-order valence-electron chi connectivity index (χ2n) is 6.76. The molecular formula is C24H22N2O4. The molecule has 1 aromatic heterocycles. The first-order chi connectivity index (χ1) is 14.6. The van der Waals surface area contributed by atoms with Crippen molar-refractivity contribution in [1.29, 1.82) is 0 Å². The van der Waals surface area contributed by atoms with Gasteiger partial charge < -0.3 is 19.2 Å². The van der Waals surface area contributed by atoms with Crippen molar-refractivity contribution in [2.45, 2.75) is 13.3 Å². The van der Waals surface area contributed by atoms with Crippen molar-refractivity contribution in [2.75, 3.05) is 19.0 Å². The standard InChI is InChI=1S/C24H22N2O4/c1-3-16-4-13-22-21(14-16)26-24(30-22)17-5-7-18(8-6-17)25-23(27)15-29-20-11-9-19(28-2)10-12-20/h4-14H,3,15H2,1-2H3,(H,25,27). The number of anilines is 1. The van der Waals surface area contributed by atoms with Crippen LogP contribution in [0.1, 0.15) is 12.5 Å². The van der Waals surface area contributed by atoms with Gasteiger partial charge in [-0.15, -0.1) is 0 Å². The van der Waals surface area contributed by atoms with E-state index in [4.69, 9.17) is 13.9 Å². The fraction of sp³-hybridized carbons (Fsp3) is 0.167. The number of rotatable bonds is 7. The number of carbonyl (C=O) groups excluding carboxylic acids is 1. The molecule has 3 aromatic carbocycles. The molecule has 0 atom stereocenters. The SMILES string of the molecule is CCc1ccc2oc(-c3ccc(NC(=O)COc4ccc(OC)cc4)cc3)nc2c1. The summed E-state index contributed by atoms with van der Waals surface area (Å²) in [6.07, 6.45) is 0.953. The first-order valence-corrected chi connectivity index (χ1v) is 9.71. The maximum Gasteiger partial charge on any atom is 0.262 e. The first-order valence-electron chi connectivity index (χ1n) is 9.71. The first kappa shape index (κ1) is 19.5. The third-order valence-electron chi connectivity index (χ3n) is 4.71. The highest BCUT2D eigenvalue weighted by molar-refractivity contribution is 5.92. The molecule has 0 unspecified atom stereocenters. The number of methoxy groups -OCH3 is 1. The van der Waals surface area contributed by atoms with E-state index in [1.807, 2.05) is 42.5 Å². The van der Waals surface area contributed by atoms with Crippen molar-refractivity contribution < 1.29 is 18.7 Å². The van der Waals surface area contributed by atoms with Gasteiger partial charge in [-0.2, -0.15) is 0 Å². The Morgan fingerprint density at radius 3 is 2.43 bits per heavy atom. The van der Waals surface area contributed by atoms with Gasteiger partial charge in [0.2, 0.25) is 5.89 Å². The minimum atomic E-state index is -0.243. The maximum absolute atomic E-state index is 12.1. The number of carbonyl (C=O) groups is 1. The number of fused-ring (bicyclic) bond motifs is 1. The highest BCUT2D eigenvalue weighted by Gasteiger charge is 2.10. The zero-order chi connectivity index (χ0) is 20.9. The van der Waals surface area contributed by atoms with Crippen molar-refractivity contribution in [3.63, 3.8) is 0 Å². The van der Waals surface area contributed by atoms with Crippen LogP contribution in [0.5, 0.6) is 11.5 Å². The molecule has 0 radical (unpaired) electrons. The van der Waals surface area contributed by atoms with E-state index >= 15 is 0 Å². The van der Waals surface area contributed by atoms with Crippen LogP contribution in [0.15, 0.2) is 71.1 Å². The Hall–Kier alpha value is -3.80. The van der Waals surface area contributed by atoms with Gasteiger partial charge >= 0.3 is 0 Å². The number of hydrogen-bond acceptors (Lipinski definition) is 5. The van der Waals surface area contributed by atoms with E-state index in [9.17, 15) is 4.79 Å². The van der Waals surface area contributed by atoms with Crippen LogP contribution < -0.4 is 14.8 Å². The van der Waals surface area contributed by atoms with E-state index < -0.39 is 0 Å². The molecule has 0 bridgehead atoms. The average molecular weight is 402 g/mol. The summed E-state index contributed by atoms with van der Waals surface area (Å²) in [5.41, 5.74) is 4.34. The summed E-state index contributed by atoms with van der Waals surface area (Å²) >= 11 is 0. The highest BCUT2D eigenvalue weighted by Crippen LogP contribution is 2.26. The van der Waals surface area contributed by atoms with Gasteiger partial charge in [0.05, 0.1) is 7.11 Å². The van der Waals surface area contributed by atoms with Crippen LogP contribution in [-0.4, -0.2) is 24.6 Å². The Morgan fingerprint density at radius 2 is 1.73 bits per heavy atom. The zero-order valence-electron chi connectivity index (χ0n) is 16.8. The average Bonchev–Trinajstić information content (AvgIpc) is 3.22. The highest BCUT2D eigenvalue weighted by atomic mass is 16.5. The van der Waals surface area contributed by atoms with E-state index in [2.05, 4.69) is 17.2 Å². The molecule has 0 aliphatic carbocycles. The molecule has 0 spiro atoms. The lowest BCUT2D eigenvalue weighted by molar-refractivity contribution is -0.118. The number of hydrogen-bond donors (Lipinski definition) is 1. The molecule has 4 rings (SSSR count). The predicted molar refractivity (Wildman–Crippen MR) is 116 cm³/mol. The van der Waals surface area contributed by atoms with Crippen molar-refractivity contribution in [1.82, 2.24) is 4.98 Å². The molecule has 1 heterocycles. The summed E-state index contributed by atoms with van der Waals surface area (Å²) in [6.45, 7) is 2.02. The molecule has 1 amide bonds. The fourth-order valence-corrected chi connectivity index (χ4v) is 3.03. The van der Waals surface area contributed by atoms with Gasteiger partial charge in [0.1, 0.15) is 17.0 Å². The van der Waals surface area contributed by atoms with Gasteiger partial charge in [0.15, 0.2) is 12.2 Å². The van der Waals surface area contributed by atoms with E-state index in [-0.39, 0.29) is 12.5 Å². The second-order valence-corrected chi connectivity index (χ2v) is 6.76. The molecule has 0 saturated heterocycles. The van der Waals surface area contributed by atoms with Crippen LogP contribution >= 0.6 is 0 Å². The third kappa shape index (κ3) is 4.43. The van der Waals surface area contributed by atoms with Gasteiger partial charge in [0, 0.05) is 11.3 Å². The molecule has 1 N–H and O–H groups in total. The molecule has 0 aliphatic rings. The molecule has 0 fully saturated rings. The lowest BCUT2D eigenvalue weighted by Crippen LogP contribution is -2.20. The van der Waals surface area contributed by atoms with Crippen molar-refractivity contribution in [3.05, 3.63) is 72.3 Å². The molecule has 30 heavy (non-hydrogen) atoms. The van der Waals surface area contributed by atoms with Crippen molar-refractivity contribution in [3.8, 4) is 23.0 Å². The molecule has 152 valence electrons. The van der Waals surface area contributed by atoms with Gasteiger partial charge in [0.25, 0.3) is 5.91 Å². The summed E-state index contributed by atoms with van der Waals surface area (Å²) in [6, 6.07) is 20.5. The van der Waals surface area contributed by atoms with Crippen LogP contribution in [0.4, 0.5) is 5.69 Å². The predicted octanol–water partition coefficient (Wildman–Crippen LogP) is 5.08. The van der Waals surface area contributed by atoms with E-state index in [1.54, 1.807) is 31.4 Å². The van der Waals surface area contributed by atoms with Crippen molar-refractivity contribution in [2.24, 2.45) is 0 Å². The Labute approximate surface area is 174 Å². The maximum atomic E-state index is 12.1. The summed E-state index contributed by atoms with van der Waals surface area (Å²) in [5, 5.41) is 2.82. The number of aryl methyl sites for hydroxylation is 1. The second kappa shape index (κ2) is 8.69. The van der Waals surface area contributed by atoms with Crippen LogP contribution in [0.3, 0.4) is 0 Å². The number of benzene rings is 3. The molecule has 6 heteroatoms. The van der Waals surface area contributed by atoms with Crippen LogP contribution in [0.25, 0.3) is 22.6 Å². The van der Waals surface area contributed by atoms with Crippen LogP contribution in [-0.2, 0) is 11.2 Å². The van der Waals surface area contributed by atoms with Gasteiger partial charge in [-0.3, -0.25) is 4.79 Å². The van der Waals surface area contributed by atoms with Gasteiger partial charge in [-0.1, -0.05) is 13.0 Å². The number of ether oxygens (including phenoxy) is 2. The minimum absolute atomic E-state index is 0.0844. The minimum Gasteiger partial charge on any atom is -0.497 e. The number of oxazole rings is 1. The summed E-state index contributed by atoms with van der Waals surface area (Å²) < 4.78 is 16.4. The topological polar surface area (TPSA) is 73.6 Å². The molecule has 4 aromatic rings. The van der Waals surface area contributed by atoms with Gasteiger partial charge in [-0.25, -0.2) is 4.98 Å². The summed E-state index contributed by atoms with van der Waals surface area (Å²) in [7, 11) is 1.60. The number of amides is 1. The van der Waals surface area contributed by atoms with E-state index in [1.165, 1.54) is 5.56 Å². The lowest BCUT2D eigenvalue weighted by Gasteiger charge is -2.08. The lowest BCUT2D eigenvalue weighted by atomic mass is 10.1. The Morgan fingerprint density at radius 1 is 1.00 bits per heavy atom. The smallest absolute Gasteiger partial charge is 0.262 e. The molecule has 0 aliphatic heterocycles. The molecular weight excluding hydrogens is 380 g/mol. The Kier molecular flexibility index (Phi) is 5.66. The third-order valence-corrected chi connectivity index (χ3v) is 4.71. The summed E-state index contributed by atoms with van der Waals surface area (Å²) in [4.78, 5) is 16.7. The molecule has 6 nitrogen and oxygen atoms in total. The molecule has 0 saturated carbocycles. The number of nitrogens with zero attached hydrogens (tertiary/aromatic N) is 1. The van der Waals surface area contributed by atoms with E-state index in [0.717, 1.165) is 28.8 Å². The van der Waals surface area contributed by atoms with Crippen LogP contribution in [0, 0.1) is 0 Å². The largest absolute Gasteiger partial charge is 0.497 e.